The Balaban J connectivity index is 2.56. The maximum atomic E-state index is 12.9. The molecule has 1 aliphatic carbocycles. The molecule has 0 spiro atoms. The van der Waals surface area contributed by atoms with Crippen molar-refractivity contribution in [2.75, 3.05) is 0 Å². The van der Waals surface area contributed by atoms with E-state index in [1.165, 1.54) is 9.75 Å². The molecule has 0 radical (unpaired) electrons. The van der Waals surface area contributed by atoms with Crippen LogP contribution in [0, 0.1) is 6.92 Å². The third-order valence-corrected chi connectivity index (χ3v) is 2.84. The van der Waals surface area contributed by atoms with E-state index < -0.39 is 0 Å². The number of thiophene rings is 1. The summed E-state index contributed by atoms with van der Waals surface area (Å²) in [4.78, 5) is 2.40. The molecule has 0 aromatic carbocycles. The molecule has 0 atom stereocenters. The molecule has 62 valence electrons. The Morgan fingerprint density at radius 3 is 3.17 bits per heavy atom. The van der Waals surface area contributed by atoms with Crippen LogP contribution in [0.25, 0.3) is 12.2 Å². The minimum absolute atomic E-state index is 0.0530. The summed E-state index contributed by atoms with van der Waals surface area (Å²) in [5, 5.41) is 0. The number of fused-ring (bicyclic) bond motifs is 1. The second-order valence-electron chi connectivity index (χ2n) is 2.87. The standard InChI is InChI=1S/C10H9FS/c1-7-5-8-6-9(11)3-2-4-10(8)12-7/h2,4-6H,3H2,1H3. The molecular formula is C10H9FS. The molecule has 0 nitrogen and oxygen atoms in total. The topological polar surface area (TPSA) is 0 Å². The average Bonchev–Trinajstić information content (AvgIpc) is 2.23. The molecule has 1 aliphatic rings. The molecule has 0 amide bonds. The largest absolute Gasteiger partial charge is 0.211 e. The fourth-order valence-electron chi connectivity index (χ4n) is 1.30. The van der Waals surface area contributed by atoms with Crippen molar-refractivity contribution in [1.29, 1.82) is 0 Å². The van der Waals surface area contributed by atoms with Gasteiger partial charge in [-0.15, -0.1) is 11.3 Å². The highest BCUT2D eigenvalue weighted by molar-refractivity contribution is 7.13. The number of allylic oxidation sites excluding steroid dienone is 2. The van der Waals surface area contributed by atoms with Crippen molar-refractivity contribution in [1.82, 2.24) is 0 Å². The van der Waals surface area contributed by atoms with E-state index in [4.69, 9.17) is 0 Å². The highest BCUT2D eigenvalue weighted by Gasteiger charge is 2.06. The number of hydrogen-bond donors (Lipinski definition) is 0. The zero-order valence-electron chi connectivity index (χ0n) is 6.80. The van der Waals surface area contributed by atoms with Gasteiger partial charge in [0.15, 0.2) is 0 Å². The second-order valence-corrected chi connectivity index (χ2v) is 4.16. The zero-order chi connectivity index (χ0) is 8.55. The highest BCUT2D eigenvalue weighted by atomic mass is 32.1. The first-order chi connectivity index (χ1) is 5.75. The zero-order valence-corrected chi connectivity index (χ0v) is 7.62. The summed E-state index contributed by atoms with van der Waals surface area (Å²) in [7, 11) is 0. The van der Waals surface area contributed by atoms with Crippen molar-refractivity contribution in [3.8, 4) is 0 Å². The summed E-state index contributed by atoms with van der Waals surface area (Å²) in [5.74, 6) is -0.0530. The lowest BCUT2D eigenvalue weighted by molar-refractivity contribution is 0.627. The molecule has 1 aromatic heterocycles. The molecule has 2 heteroatoms. The van der Waals surface area contributed by atoms with Gasteiger partial charge in [-0.05, 0) is 30.7 Å². The van der Waals surface area contributed by atoms with E-state index in [9.17, 15) is 4.39 Å². The molecule has 0 aliphatic heterocycles. The normalized spacial score (nSPS) is 15.3. The Bertz CT molecular complexity index is 358. The van der Waals surface area contributed by atoms with E-state index in [1.54, 1.807) is 17.4 Å². The summed E-state index contributed by atoms with van der Waals surface area (Å²) in [6.07, 6.45) is 5.92. The van der Waals surface area contributed by atoms with Crippen molar-refractivity contribution in [2.24, 2.45) is 0 Å². The van der Waals surface area contributed by atoms with E-state index in [1.807, 2.05) is 25.1 Å². The Hall–Kier alpha value is -0.890. The smallest absolute Gasteiger partial charge is 0.104 e. The third kappa shape index (κ3) is 1.34. The Labute approximate surface area is 75.0 Å². The van der Waals surface area contributed by atoms with E-state index in [-0.39, 0.29) is 5.83 Å². The van der Waals surface area contributed by atoms with Crippen LogP contribution in [-0.2, 0) is 0 Å². The quantitative estimate of drug-likeness (QED) is 0.570. The highest BCUT2D eigenvalue weighted by Crippen LogP contribution is 2.28. The van der Waals surface area contributed by atoms with Crippen LogP contribution in [0.3, 0.4) is 0 Å². The van der Waals surface area contributed by atoms with Gasteiger partial charge in [0.1, 0.15) is 5.83 Å². The summed E-state index contributed by atoms with van der Waals surface area (Å²) < 4.78 is 12.9. The van der Waals surface area contributed by atoms with Gasteiger partial charge in [-0.1, -0.05) is 6.08 Å². The first-order valence-electron chi connectivity index (χ1n) is 3.89. The van der Waals surface area contributed by atoms with Crippen molar-refractivity contribution in [2.45, 2.75) is 13.3 Å². The van der Waals surface area contributed by atoms with Gasteiger partial charge >= 0.3 is 0 Å². The van der Waals surface area contributed by atoms with E-state index in [0.717, 1.165) is 5.56 Å². The molecule has 0 bridgehead atoms. The summed E-state index contributed by atoms with van der Waals surface area (Å²) in [6.45, 7) is 2.04. The molecule has 0 saturated carbocycles. The van der Waals surface area contributed by atoms with Gasteiger partial charge in [-0.3, -0.25) is 0 Å². The predicted octanol–water partition coefficient (Wildman–Crippen LogP) is 3.78. The molecule has 1 aromatic rings. The average molecular weight is 180 g/mol. The van der Waals surface area contributed by atoms with Crippen LogP contribution in [0.2, 0.25) is 0 Å². The van der Waals surface area contributed by atoms with Gasteiger partial charge in [-0.2, -0.15) is 0 Å². The Morgan fingerprint density at radius 2 is 2.33 bits per heavy atom. The van der Waals surface area contributed by atoms with Crippen LogP contribution >= 0.6 is 11.3 Å². The van der Waals surface area contributed by atoms with Crippen LogP contribution in [-0.4, -0.2) is 0 Å². The summed E-state index contributed by atoms with van der Waals surface area (Å²) in [6, 6.07) is 2.02. The summed E-state index contributed by atoms with van der Waals surface area (Å²) in [5.41, 5.74) is 1.02. The maximum absolute atomic E-state index is 12.9. The van der Waals surface area contributed by atoms with Crippen molar-refractivity contribution >= 4 is 23.5 Å². The molecule has 0 fully saturated rings. The lowest BCUT2D eigenvalue weighted by atomic mass is 10.2. The van der Waals surface area contributed by atoms with E-state index in [0.29, 0.717) is 6.42 Å². The van der Waals surface area contributed by atoms with Gasteiger partial charge in [0.25, 0.3) is 0 Å². The third-order valence-electron chi connectivity index (χ3n) is 1.81. The van der Waals surface area contributed by atoms with Crippen molar-refractivity contribution in [3.63, 3.8) is 0 Å². The second kappa shape index (κ2) is 2.87. The fraction of sp³-hybridized carbons (Fsp3) is 0.200. The molecule has 0 unspecified atom stereocenters. The van der Waals surface area contributed by atoms with Gasteiger partial charge in [0.05, 0.1) is 0 Å². The SMILES string of the molecule is Cc1cc2c(s1)C=CCC(F)=C2. The van der Waals surface area contributed by atoms with E-state index >= 15 is 0 Å². The minimum atomic E-state index is -0.0530. The van der Waals surface area contributed by atoms with Crippen LogP contribution in [0.1, 0.15) is 21.7 Å². The maximum Gasteiger partial charge on any atom is 0.104 e. The number of halogens is 1. The van der Waals surface area contributed by atoms with Crippen LogP contribution < -0.4 is 0 Å². The number of hydrogen-bond acceptors (Lipinski definition) is 1. The van der Waals surface area contributed by atoms with Gasteiger partial charge in [0.2, 0.25) is 0 Å². The van der Waals surface area contributed by atoms with Gasteiger partial charge in [0, 0.05) is 16.2 Å². The van der Waals surface area contributed by atoms with Crippen molar-refractivity contribution < 1.29 is 4.39 Å². The van der Waals surface area contributed by atoms with E-state index in [2.05, 4.69) is 0 Å². The first-order valence-corrected chi connectivity index (χ1v) is 4.70. The minimum Gasteiger partial charge on any atom is -0.211 e. The van der Waals surface area contributed by atoms with Crippen LogP contribution in [0.15, 0.2) is 18.0 Å². The van der Waals surface area contributed by atoms with Gasteiger partial charge < -0.3 is 0 Å². The molecule has 2 rings (SSSR count). The summed E-state index contributed by atoms with van der Waals surface area (Å²) >= 11 is 1.71. The number of aryl methyl sites for hydroxylation is 1. The lowest BCUT2D eigenvalue weighted by Crippen LogP contribution is -1.68. The lowest BCUT2D eigenvalue weighted by Gasteiger charge is -1.87. The molecule has 12 heavy (non-hydrogen) atoms. The molecule has 0 saturated heterocycles. The predicted molar refractivity (Wildman–Crippen MR) is 51.8 cm³/mol. The Kier molecular flexibility index (Phi) is 1.85. The van der Waals surface area contributed by atoms with Gasteiger partial charge in [-0.25, -0.2) is 4.39 Å². The Morgan fingerprint density at radius 1 is 1.50 bits per heavy atom. The molecular weight excluding hydrogens is 171 g/mol. The van der Waals surface area contributed by atoms with Crippen LogP contribution in [0.4, 0.5) is 4.39 Å². The van der Waals surface area contributed by atoms with Crippen molar-refractivity contribution in [3.05, 3.63) is 33.3 Å². The molecule has 1 heterocycles. The first kappa shape index (κ1) is 7.74. The number of rotatable bonds is 0. The molecule has 0 N–H and O–H groups in total. The fourth-order valence-corrected chi connectivity index (χ4v) is 2.23. The van der Waals surface area contributed by atoms with Crippen LogP contribution in [0.5, 0.6) is 0 Å². The monoisotopic (exact) mass is 180 g/mol.